The van der Waals surface area contributed by atoms with Crippen LogP contribution in [0.5, 0.6) is 0 Å². The monoisotopic (exact) mass is 368 g/mol. The molecule has 0 spiro atoms. The molecule has 0 N–H and O–H groups in total. The standard InChI is InChI=1S/C22H16N4O2/c1-28-22(27)19-9-5-8-17(24-19)12-18-20-11-10-15(13-23)14-26(20)25-21(18)16-6-3-2-4-7-16/h2-11,14H,12H2,1H3. The number of methoxy groups -OCH3 is 1. The Bertz CT molecular complexity index is 1210. The Balaban J connectivity index is 1.85. The maximum Gasteiger partial charge on any atom is 0.356 e. The first-order chi connectivity index (χ1) is 13.7. The number of nitrogens with zero attached hydrogens (tertiary/aromatic N) is 4. The normalized spacial score (nSPS) is 10.6. The van der Waals surface area contributed by atoms with Crippen molar-refractivity contribution in [2.75, 3.05) is 7.11 Å². The molecule has 0 atom stereocenters. The predicted octanol–water partition coefficient (Wildman–Crippen LogP) is 3.65. The number of nitriles is 1. The highest BCUT2D eigenvalue weighted by atomic mass is 16.5. The molecule has 4 aromatic rings. The Morgan fingerprint density at radius 1 is 1.11 bits per heavy atom. The molecule has 0 aliphatic carbocycles. The van der Waals surface area contributed by atoms with Gasteiger partial charge < -0.3 is 4.74 Å². The lowest BCUT2D eigenvalue weighted by molar-refractivity contribution is 0.0593. The lowest BCUT2D eigenvalue weighted by atomic mass is 10.0. The van der Waals surface area contributed by atoms with Crippen molar-refractivity contribution in [2.24, 2.45) is 0 Å². The van der Waals surface area contributed by atoms with E-state index < -0.39 is 5.97 Å². The number of fused-ring (bicyclic) bond motifs is 1. The molecule has 4 rings (SSSR count). The van der Waals surface area contributed by atoms with Gasteiger partial charge in [-0.25, -0.2) is 14.3 Å². The summed E-state index contributed by atoms with van der Waals surface area (Å²) in [6, 6.07) is 20.9. The summed E-state index contributed by atoms with van der Waals surface area (Å²) in [4.78, 5) is 16.2. The van der Waals surface area contributed by atoms with Crippen LogP contribution in [-0.2, 0) is 11.2 Å². The van der Waals surface area contributed by atoms with E-state index in [0.29, 0.717) is 12.0 Å². The van der Waals surface area contributed by atoms with Gasteiger partial charge in [-0.1, -0.05) is 36.4 Å². The average Bonchev–Trinajstić information content (AvgIpc) is 3.11. The van der Waals surface area contributed by atoms with Crippen LogP contribution in [0.2, 0.25) is 0 Å². The third kappa shape index (κ3) is 3.21. The first-order valence-corrected chi connectivity index (χ1v) is 8.70. The van der Waals surface area contributed by atoms with Crippen LogP contribution >= 0.6 is 0 Å². The number of carbonyl (C=O) groups excluding carboxylic acids is 1. The molecular formula is C22H16N4O2. The zero-order valence-electron chi connectivity index (χ0n) is 15.2. The van der Waals surface area contributed by atoms with E-state index in [9.17, 15) is 10.1 Å². The summed E-state index contributed by atoms with van der Waals surface area (Å²) in [7, 11) is 1.34. The molecule has 0 unspecified atom stereocenters. The SMILES string of the molecule is COC(=O)c1cccc(Cc2c(-c3ccccc3)nn3cc(C#N)ccc23)n1. The molecule has 28 heavy (non-hydrogen) atoms. The summed E-state index contributed by atoms with van der Waals surface area (Å²) >= 11 is 0. The summed E-state index contributed by atoms with van der Waals surface area (Å²) in [5.41, 5.74) is 5.20. The number of ether oxygens (including phenoxy) is 1. The van der Waals surface area contributed by atoms with Crippen molar-refractivity contribution in [3.63, 3.8) is 0 Å². The summed E-state index contributed by atoms with van der Waals surface area (Å²) in [6.07, 6.45) is 2.20. The fraction of sp³-hybridized carbons (Fsp3) is 0.0909. The highest BCUT2D eigenvalue weighted by Gasteiger charge is 2.17. The third-order valence-electron chi connectivity index (χ3n) is 4.47. The van der Waals surface area contributed by atoms with E-state index in [4.69, 9.17) is 9.84 Å². The van der Waals surface area contributed by atoms with Gasteiger partial charge in [-0.15, -0.1) is 0 Å². The van der Waals surface area contributed by atoms with Gasteiger partial charge in [0.2, 0.25) is 0 Å². The molecule has 6 nitrogen and oxygen atoms in total. The van der Waals surface area contributed by atoms with Gasteiger partial charge in [-0.2, -0.15) is 10.4 Å². The largest absolute Gasteiger partial charge is 0.464 e. The van der Waals surface area contributed by atoms with Gasteiger partial charge in [0.15, 0.2) is 0 Å². The number of pyridine rings is 2. The van der Waals surface area contributed by atoms with Gasteiger partial charge in [0.25, 0.3) is 0 Å². The molecule has 136 valence electrons. The Morgan fingerprint density at radius 3 is 2.68 bits per heavy atom. The predicted molar refractivity (Wildman–Crippen MR) is 104 cm³/mol. The second kappa shape index (κ2) is 7.33. The molecule has 0 saturated heterocycles. The highest BCUT2D eigenvalue weighted by Crippen LogP contribution is 2.28. The number of carbonyl (C=O) groups is 1. The molecular weight excluding hydrogens is 352 g/mol. The van der Waals surface area contributed by atoms with Crippen molar-refractivity contribution < 1.29 is 9.53 Å². The molecule has 6 heteroatoms. The van der Waals surface area contributed by atoms with Crippen molar-refractivity contribution in [1.29, 1.82) is 5.26 Å². The molecule has 0 bridgehead atoms. The second-order valence-corrected chi connectivity index (χ2v) is 6.24. The fourth-order valence-corrected chi connectivity index (χ4v) is 3.15. The third-order valence-corrected chi connectivity index (χ3v) is 4.47. The van der Waals surface area contributed by atoms with Crippen molar-refractivity contribution in [1.82, 2.24) is 14.6 Å². The summed E-state index contributed by atoms with van der Waals surface area (Å²) in [6.45, 7) is 0. The minimum absolute atomic E-state index is 0.268. The minimum atomic E-state index is -0.469. The van der Waals surface area contributed by atoms with Gasteiger partial charge in [-0.3, -0.25) is 0 Å². The van der Waals surface area contributed by atoms with Crippen LogP contribution in [0.1, 0.15) is 27.3 Å². The maximum absolute atomic E-state index is 11.8. The van der Waals surface area contributed by atoms with Gasteiger partial charge in [-0.05, 0) is 24.3 Å². The van der Waals surface area contributed by atoms with Gasteiger partial charge in [0, 0.05) is 29.4 Å². The zero-order valence-corrected chi connectivity index (χ0v) is 15.2. The summed E-state index contributed by atoms with van der Waals surface area (Å²) < 4.78 is 6.49. The quantitative estimate of drug-likeness (QED) is 0.514. The number of aromatic nitrogens is 3. The van der Waals surface area contributed by atoms with Crippen molar-refractivity contribution >= 4 is 11.5 Å². The number of rotatable bonds is 4. The summed E-state index contributed by atoms with van der Waals surface area (Å²) in [5, 5.41) is 13.9. The number of benzene rings is 1. The van der Waals surface area contributed by atoms with E-state index in [-0.39, 0.29) is 5.69 Å². The molecule has 0 amide bonds. The van der Waals surface area contributed by atoms with Crippen LogP contribution in [-0.4, -0.2) is 27.7 Å². The average molecular weight is 368 g/mol. The van der Waals surface area contributed by atoms with Crippen LogP contribution in [0.25, 0.3) is 16.8 Å². The smallest absolute Gasteiger partial charge is 0.356 e. The molecule has 0 aliphatic rings. The highest BCUT2D eigenvalue weighted by molar-refractivity contribution is 5.87. The van der Waals surface area contributed by atoms with Crippen molar-refractivity contribution in [3.8, 4) is 17.3 Å². The molecule has 3 heterocycles. The van der Waals surface area contributed by atoms with Gasteiger partial charge in [0.1, 0.15) is 11.8 Å². The molecule has 0 radical (unpaired) electrons. The van der Waals surface area contributed by atoms with Crippen LogP contribution in [0.4, 0.5) is 0 Å². The van der Waals surface area contributed by atoms with Gasteiger partial charge >= 0.3 is 5.97 Å². The van der Waals surface area contributed by atoms with Crippen LogP contribution < -0.4 is 0 Å². The first kappa shape index (κ1) is 17.4. The molecule has 0 aliphatic heterocycles. The topological polar surface area (TPSA) is 80.3 Å². The number of hydrogen-bond donors (Lipinski definition) is 0. The molecule has 1 aromatic carbocycles. The Kier molecular flexibility index (Phi) is 4.56. The van der Waals surface area contributed by atoms with E-state index >= 15 is 0 Å². The van der Waals surface area contributed by atoms with Gasteiger partial charge in [0.05, 0.1) is 23.9 Å². The Morgan fingerprint density at radius 2 is 1.93 bits per heavy atom. The summed E-state index contributed by atoms with van der Waals surface area (Å²) in [5.74, 6) is -0.469. The molecule has 3 aromatic heterocycles. The Labute approximate surface area is 161 Å². The van der Waals surface area contributed by atoms with E-state index in [1.165, 1.54) is 7.11 Å². The van der Waals surface area contributed by atoms with E-state index in [2.05, 4.69) is 11.1 Å². The number of esters is 1. The molecule has 0 saturated carbocycles. The molecule has 0 fully saturated rings. The number of hydrogen-bond acceptors (Lipinski definition) is 5. The van der Waals surface area contributed by atoms with E-state index in [0.717, 1.165) is 28.0 Å². The maximum atomic E-state index is 11.8. The zero-order chi connectivity index (χ0) is 19.5. The fourth-order valence-electron chi connectivity index (χ4n) is 3.15. The van der Waals surface area contributed by atoms with Crippen LogP contribution in [0.15, 0.2) is 66.9 Å². The van der Waals surface area contributed by atoms with Crippen LogP contribution in [0, 0.1) is 11.3 Å². The van der Waals surface area contributed by atoms with E-state index in [1.807, 2.05) is 42.5 Å². The second-order valence-electron chi connectivity index (χ2n) is 6.24. The van der Waals surface area contributed by atoms with Crippen LogP contribution in [0.3, 0.4) is 0 Å². The van der Waals surface area contributed by atoms with Crippen molar-refractivity contribution in [3.05, 3.63) is 89.4 Å². The lowest BCUT2D eigenvalue weighted by Crippen LogP contribution is -2.06. The first-order valence-electron chi connectivity index (χ1n) is 8.70. The Hall–Kier alpha value is -3.98. The minimum Gasteiger partial charge on any atom is -0.464 e. The van der Waals surface area contributed by atoms with Crippen molar-refractivity contribution in [2.45, 2.75) is 6.42 Å². The lowest BCUT2D eigenvalue weighted by Gasteiger charge is -2.05. The van der Waals surface area contributed by atoms with E-state index in [1.54, 1.807) is 28.9 Å².